The quantitative estimate of drug-likeness (QED) is 0.859. The van der Waals surface area contributed by atoms with Gasteiger partial charge in [-0.05, 0) is 24.6 Å². The first-order valence-electron chi connectivity index (χ1n) is 5.24. The third-order valence-corrected chi connectivity index (χ3v) is 2.61. The van der Waals surface area contributed by atoms with Crippen LogP contribution < -0.4 is 0 Å². The van der Waals surface area contributed by atoms with Crippen LogP contribution in [0.2, 0.25) is 0 Å². The van der Waals surface area contributed by atoms with Crippen LogP contribution in [-0.2, 0) is 4.79 Å². The van der Waals surface area contributed by atoms with Gasteiger partial charge in [0.25, 0.3) is 0 Å². The van der Waals surface area contributed by atoms with E-state index >= 15 is 0 Å². The van der Waals surface area contributed by atoms with Gasteiger partial charge in [0.05, 0.1) is 17.6 Å². The summed E-state index contributed by atoms with van der Waals surface area (Å²) in [6.45, 7) is 3.88. The molecule has 0 aliphatic rings. The lowest BCUT2D eigenvalue weighted by atomic mass is 10.0. The summed E-state index contributed by atoms with van der Waals surface area (Å²) in [5.41, 5.74) is 2.96. The van der Waals surface area contributed by atoms with Crippen LogP contribution >= 0.6 is 0 Å². The lowest BCUT2D eigenvalue weighted by Gasteiger charge is -2.02. The van der Waals surface area contributed by atoms with E-state index in [1.165, 1.54) is 0 Å². The number of carboxylic acid groups (broad SMARTS) is 1. The van der Waals surface area contributed by atoms with E-state index in [9.17, 15) is 4.79 Å². The normalized spacial score (nSPS) is 12.9. The first-order valence-corrected chi connectivity index (χ1v) is 5.24. The molecule has 1 N–H and O–H groups in total. The molecule has 0 aromatic carbocycles. The summed E-state index contributed by atoms with van der Waals surface area (Å²) in [5, 5.41) is 13.1. The maximum absolute atomic E-state index is 10.6. The van der Waals surface area contributed by atoms with E-state index < -0.39 is 5.97 Å². The molecule has 2 heterocycles. The van der Waals surface area contributed by atoms with Crippen LogP contribution in [0.25, 0.3) is 5.52 Å². The van der Waals surface area contributed by atoms with Crippen molar-refractivity contribution in [3.8, 4) is 0 Å². The predicted octanol–water partition coefficient (Wildman–Crippen LogP) is 2.22. The lowest BCUT2D eigenvalue weighted by Crippen LogP contribution is -2.03. The smallest absolute Gasteiger partial charge is 0.304 e. The monoisotopic (exact) mass is 218 g/mol. The molecule has 4 nitrogen and oxygen atoms in total. The summed E-state index contributed by atoms with van der Waals surface area (Å²) in [6.07, 6.45) is 2.05. The van der Waals surface area contributed by atoms with Crippen LogP contribution in [0.4, 0.5) is 0 Å². The van der Waals surface area contributed by atoms with Crippen molar-refractivity contribution in [1.82, 2.24) is 9.61 Å². The molecule has 0 saturated carbocycles. The van der Waals surface area contributed by atoms with Crippen molar-refractivity contribution in [2.24, 2.45) is 0 Å². The molecule has 2 aromatic heterocycles. The molecule has 1 unspecified atom stereocenters. The van der Waals surface area contributed by atoms with E-state index in [1.807, 2.05) is 38.2 Å². The number of hydrogen-bond acceptors (Lipinski definition) is 2. The molecule has 0 aliphatic heterocycles. The minimum absolute atomic E-state index is 0.0577. The van der Waals surface area contributed by atoms with Gasteiger partial charge >= 0.3 is 5.97 Å². The number of carbonyl (C=O) groups is 1. The molecule has 0 spiro atoms. The fraction of sp³-hybridized carbons (Fsp3) is 0.333. The van der Waals surface area contributed by atoms with Gasteiger partial charge in [-0.2, -0.15) is 5.10 Å². The first-order chi connectivity index (χ1) is 7.56. The minimum Gasteiger partial charge on any atom is -0.481 e. The predicted molar refractivity (Wildman–Crippen MR) is 60.6 cm³/mol. The van der Waals surface area contributed by atoms with Crippen LogP contribution in [-0.4, -0.2) is 20.7 Å². The summed E-state index contributed by atoms with van der Waals surface area (Å²) in [4.78, 5) is 10.6. The zero-order valence-electron chi connectivity index (χ0n) is 9.34. The van der Waals surface area contributed by atoms with E-state index in [1.54, 1.807) is 4.52 Å². The minimum atomic E-state index is -0.791. The number of aromatic nitrogens is 2. The fourth-order valence-electron chi connectivity index (χ4n) is 1.72. The lowest BCUT2D eigenvalue weighted by molar-refractivity contribution is -0.137. The molecule has 16 heavy (non-hydrogen) atoms. The molecule has 0 aliphatic carbocycles. The van der Waals surface area contributed by atoms with Crippen molar-refractivity contribution in [3.05, 3.63) is 35.7 Å². The SMILES string of the molecule is Cc1ccc2cc(C(C)CC(=O)O)nn2c1. The molecule has 0 saturated heterocycles. The van der Waals surface area contributed by atoms with Gasteiger partial charge < -0.3 is 5.11 Å². The first kappa shape index (κ1) is 10.7. The summed E-state index contributed by atoms with van der Waals surface area (Å²) in [7, 11) is 0. The maximum Gasteiger partial charge on any atom is 0.304 e. The number of carboxylic acids is 1. The molecule has 1 atom stereocenters. The third kappa shape index (κ3) is 2.05. The van der Waals surface area contributed by atoms with Gasteiger partial charge in [-0.15, -0.1) is 0 Å². The number of rotatable bonds is 3. The Bertz CT molecular complexity index is 531. The summed E-state index contributed by atoms with van der Waals surface area (Å²) < 4.78 is 1.79. The highest BCUT2D eigenvalue weighted by Crippen LogP contribution is 2.19. The second kappa shape index (κ2) is 3.96. The Morgan fingerprint density at radius 3 is 3.00 bits per heavy atom. The highest BCUT2D eigenvalue weighted by molar-refractivity contribution is 5.68. The van der Waals surface area contributed by atoms with Gasteiger partial charge in [-0.3, -0.25) is 4.79 Å². The number of nitrogens with zero attached hydrogens (tertiary/aromatic N) is 2. The van der Waals surface area contributed by atoms with Crippen molar-refractivity contribution in [3.63, 3.8) is 0 Å². The average molecular weight is 218 g/mol. The largest absolute Gasteiger partial charge is 0.481 e. The fourth-order valence-corrected chi connectivity index (χ4v) is 1.72. The standard InChI is InChI=1S/C12H14N2O2/c1-8-3-4-10-6-11(13-14(10)7-8)9(2)5-12(15)16/h3-4,6-7,9H,5H2,1-2H3,(H,15,16). The summed E-state index contributed by atoms with van der Waals surface area (Å²) in [6, 6.07) is 5.94. The Morgan fingerprint density at radius 1 is 1.56 bits per heavy atom. The van der Waals surface area contributed by atoms with E-state index in [0.29, 0.717) is 0 Å². The summed E-state index contributed by atoms with van der Waals surface area (Å²) in [5.74, 6) is -0.849. The average Bonchev–Trinajstić information content (AvgIpc) is 2.59. The Morgan fingerprint density at radius 2 is 2.31 bits per heavy atom. The maximum atomic E-state index is 10.6. The van der Waals surface area contributed by atoms with Crippen LogP contribution in [0, 0.1) is 6.92 Å². The van der Waals surface area contributed by atoms with Crippen LogP contribution in [0.15, 0.2) is 24.4 Å². The zero-order valence-corrected chi connectivity index (χ0v) is 9.34. The van der Waals surface area contributed by atoms with Gasteiger partial charge in [-0.1, -0.05) is 13.0 Å². The molecular formula is C12H14N2O2. The number of fused-ring (bicyclic) bond motifs is 1. The Balaban J connectivity index is 2.35. The highest BCUT2D eigenvalue weighted by atomic mass is 16.4. The van der Waals surface area contributed by atoms with Crippen LogP contribution in [0.5, 0.6) is 0 Å². The Labute approximate surface area is 93.5 Å². The van der Waals surface area contributed by atoms with E-state index in [-0.39, 0.29) is 12.3 Å². The van der Waals surface area contributed by atoms with Gasteiger partial charge in [0.15, 0.2) is 0 Å². The van der Waals surface area contributed by atoms with E-state index in [0.717, 1.165) is 16.8 Å². The topological polar surface area (TPSA) is 54.6 Å². The number of aliphatic carboxylic acids is 1. The van der Waals surface area contributed by atoms with Crippen molar-refractivity contribution in [2.75, 3.05) is 0 Å². The number of aryl methyl sites for hydroxylation is 1. The van der Waals surface area contributed by atoms with Gasteiger partial charge in [0.1, 0.15) is 0 Å². The summed E-state index contributed by atoms with van der Waals surface area (Å²) >= 11 is 0. The Kier molecular flexibility index (Phi) is 2.64. The van der Waals surface area contributed by atoms with E-state index in [4.69, 9.17) is 5.11 Å². The van der Waals surface area contributed by atoms with Gasteiger partial charge in [0.2, 0.25) is 0 Å². The van der Waals surface area contributed by atoms with Crippen LogP contribution in [0.3, 0.4) is 0 Å². The molecule has 2 aromatic rings. The van der Waals surface area contributed by atoms with Gasteiger partial charge in [0, 0.05) is 12.1 Å². The van der Waals surface area contributed by atoms with Crippen molar-refractivity contribution in [2.45, 2.75) is 26.2 Å². The molecule has 0 fully saturated rings. The van der Waals surface area contributed by atoms with Gasteiger partial charge in [-0.25, -0.2) is 4.52 Å². The third-order valence-electron chi connectivity index (χ3n) is 2.61. The molecular weight excluding hydrogens is 204 g/mol. The highest BCUT2D eigenvalue weighted by Gasteiger charge is 2.13. The number of hydrogen-bond donors (Lipinski definition) is 1. The molecule has 2 rings (SSSR count). The Hall–Kier alpha value is -1.84. The van der Waals surface area contributed by atoms with Crippen LogP contribution in [0.1, 0.15) is 30.5 Å². The molecule has 84 valence electrons. The zero-order chi connectivity index (χ0) is 11.7. The second-order valence-electron chi connectivity index (χ2n) is 4.14. The van der Waals surface area contributed by atoms with Crippen molar-refractivity contribution in [1.29, 1.82) is 0 Å². The molecule has 4 heteroatoms. The van der Waals surface area contributed by atoms with Crippen molar-refractivity contribution < 1.29 is 9.90 Å². The molecule has 0 radical (unpaired) electrons. The van der Waals surface area contributed by atoms with E-state index in [2.05, 4.69) is 5.10 Å². The molecule has 0 bridgehead atoms. The van der Waals surface area contributed by atoms with Crippen molar-refractivity contribution >= 4 is 11.5 Å². The molecule has 0 amide bonds. The second-order valence-corrected chi connectivity index (χ2v) is 4.14. The number of pyridine rings is 1.